The van der Waals surface area contributed by atoms with Gasteiger partial charge in [-0.2, -0.15) is 10.4 Å². The molecule has 0 radical (unpaired) electrons. The predicted octanol–water partition coefficient (Wildman–Crippen LogP) is 3.89. The van der Waals surface area contributed by atoms with E-state index in [0.29, 0.717) is 27.0 Å². The molecule has 114 valence electrons. The van der Waals surface area contributed by atoms with Gasteiger partial charge in [0.05, 0.1) is 4.88 Å². The first-order chi connectivity index (χ1) is 11.3. The molecule has 0 spiro atoms. The smallest absolute Gasteiger partial charge is 0.266 e. The number of nitriles is 1. The van der Waals surface area contributed by atoms with Gasteiger partial charge in [0.2, 0.25) is 0 Å². The molecule has 7 heteroatoms. The molecule has 0 saturated heterocycles. The monoisotopic (exact) mass is 340 g/mol. The fraction of sp³-hybridized carbons (Fsp3) is 0.0625. The van der Waals surface area contributed by atoms with Crippen molar-refractivity contribution in [1.82, 2.24) is 10.2 Å². The van der Waals surface area contributed by atoms with Crippen LogP contribution < -0.4 is 5.32 Å². The van der Waals surface area contributed by atoms with E-state index >= 15 is 0 Å². The van der Waals surface area contributed by atoms with Crippen molar-refractivity contribution in [3.8, 4) is 6.07 Å². The number of hydrogen-bond acceptors (Lipinski definition) is 5. The summed E-state index contributed by atoms with van der Waals surface area (Å²) < 4.78 is 0. The van der Waals surface area contributed by atoms with Crippen LogP contribution in [0.15, 0.2) is 52.9 Å². The number of aromatic nitrogens is 2. The minimum Gasteiger partial charge on any atom is -0.305 e. The lowest BCUT2D eigenvalue weighted by atomic mass is 10.2. The summed E-state index contributed by atoms with van der Waals surface area (Å²) in [4.78, 5) is 12.7. The number of benzene rings is 1. The third-order valence-corrected chi connectivity index (χ3v) is 4.96. The Balaban J connectivity index is 1.72. The van der Waals surface area contributed by atoms with Crippen molar-refractivity contribution in [2.75, 3.05) is 5.32 Å². The molecule has 0 fully saturated rings. The van der Waals surface area contributed by atoms with E-state index < -0.39 is 0 Å². The van der Waals surface area contributed by atoms with Gasteiger partial charge >= 0.3 is 0 Å². The molecule has 0 bridgehead atoms. The summed E-state index contributed by atoms with van der Waals surface area (Å²) in [5.41, 5.74) is 1.50. The van der Waals surface area contributed by atoms with Crippen molar-refractivity contribution in [1.29, 1.82) is 5.26 Å². The zero-order valence-electron chi connectivity index (χ0n) is 11.9. The summed E-state index contributed by atoms with van der Waals surface area (Å²) in [5, 5.41) is 21.3. The summed E-state index contributed by atoms with van der Waals surface area (Å²) in [6.07, 6.45) is 0. The van der Waals surface area contributed by atoms with E-state index in [1.165, 1.54) is 23.1 Å². The number of carbonyl (C=O) groups excluding carboxylic acids is 1. The largest absolute Gasteiger partial charge is 0.305 e. The Morgan fingerprint density at radius 2 is 2.13 bits per heavy atom. The maximum absolute atomic E-state index is 12.1. The molecule has 0 aliphatic rings. The fourth-order valence-electron chi connectivity index (χ4n) is 1.93. The van der Waals surface area contributed by atoms with Crippen LogP contribution in [-0.2, 0) is 5.75 Å². The molecule has 1 amide bonds. The van der Waals surface area contributed by atoms with E-state index in [1.54, 1.807) is 12.1 Å². The second-order valence-electron chi connectivity index (χ2n) is 4.60. The number of anilines is 1. The summed E-state index contributed by atoms with van der Waals surface area (Å²) in [6, 6.07) is 15.6. The molecule has 0 aliphatic heterocycles. The third kappa shape index (κ3) is 3.62. The molecule has 0 aliphatic carbocycles. The van der Waals surface area contributed by atoms with Gasteiger partial charge in [-0.05, 0) is 17.0 Å². The molecule has 0 atom stereocenters. The topological polar surface area (TPSA) is 81.6 Å². The van der Waals surface area contributed by atoms with Gasteiger partial charge in [0.15, 0.2) is 0 Å². The molecule has 0 saturated carbocycles. The maximum Gasteiger partial charge on any atom is 0.266 e. The molecule has 2 aromatic heterocycles. The van der Waals surface area contributed by atoms with Gasteiger partial charge < -0.3 is 5.32 Å². The van der Waals surface area contributed by atoms with E-state index in [1.807, 2.05) is 35.7 Å². The van der Waals surface area contributed by atoms with E-state index in [9.17, 15) is 10.1 Å². The molecule has 1 aromatic carbocycles. The van der Waals surface area contributed by atoms with E-state index in [4.69, 9.17) is 0 Å². The lowest BCUT2D eigenvalue weighted by molar-refractivity contribution is 0.103. The predicted molar refractivity (Wildman–Crippen MR) is 91.6 cm³/mol. The Morgan fingerprint density at radius 3 is 2.83 bits per heavy atom. The molecule has 3 aromatic rings. The lowest BCUT2D eigenvalue weighted by Gasteiger charge is -2.01. The van der Waals surface area contributed by atoms with Crippen LogP contribution in [0, 0.1) is 11.3 Å². The highest BCUT2D eigenvalue weighted by atomic mass is 32.2. The number of thiophene rings is 1. The van der Waals surface area contributed by atoms with Crippen molar-refractivity contribution >= 4 is 34.8 Å². The Hall–Kier alpha value is -2.56. The number of aromatic amines is 1. The van der Waals surface area contributed by atoms with Crippen LogP contribution in [0.1, 0.15) is 20.8 Å². The number of thioether (sulfide) groups is 1. The zero-order chi connectivity index (χ0) is 16.1. The maximum atomic E-state index is 12.1. The zero-order valence-corrected chi connectivity index (χ0v) is 13.6. The minimum absolute atomic E-state index is 0.250. The van der Waals surface area contributed by atoms with Gasteiger partial charge in [-0.25, -0.2) is 0 Å². The number of amides is 1. The molecule has 5 nitrogen and oxygen atoms in total. The van der Waals surface area contributed by atoms with Crippen LogP contribution in [0.4, 0.5) is 5.82 Å². The number of H-pyrrole nitrogens is 1. The van der Waals surface area contributed by atoms with Crippen LogP contribution in [0.3, 0.4) is 0 Å². The van der Waals surface area contributed by atoms with Gasteiger partial charge in [0, 0.05) is 5.75 Å². The Morgan fingerprint density at radius 1 is 1.30 bits per heavy atom. The number of nitrogens with one attached hydrogen (secondary N) is 2. The quantitative estimate of drug-likeness (QED) is 0.690. The van der Waals surface area contributed by atoms with Crippen LogP contribution in [-0.4, -0.2) is 16.1 Å². The molecular formula is C16H12N4OS2. The second-order valence-corrected chi connectivity index (χ2v) is 6.51. The van der Waals surface area contributed by atoms with Crippen LogP contribution in [0.5, 0.6) is 0 Å². The Kier molecular flexibility index (Phi) is 4.76. The SMILES string of the molecule is N#Cc1c(SCc2ccccc2)n[nH]c1NC(=O)c1cccs1. The third-order valence-electron chi connectivity index (χ3n) is 3.05. The summed E-state index contributed by atoms with van der Waals surface area (Å²) in [5.74, 6) is 0.791. The van der Waals surface area contributed by atoms with Gasteiger partial charge in [-0.15, -0.1) is 11.3 Å². The molecule has 0 unspecified atom stereocenters. The fourth-order valence-corrected chi connectivity index (χ4v) is 3.45. The first kappa shape index (κ1) is 15.3. The Labute approximate surface area is 141 Å². The highest BCUT2D eigenvalue weighted by molar-refractivity contribution is 7.98. The average Bonchev–Trinajstić information content (AvgIpc) is 3.23. The normalized spacial score (nSPS) is 10.2. The number of nitrogens with zero attached hydrogens (tertiary/aromatic N) is 2. The van der Waals surface area contributed by atoms with E-state index in [0.717, 1.165) is 5.56 Å². The molecule has 2 heterocycles. The molecule has 23 heavy (non-hydrogen) atoms. The van der Waals surface area contributed by atoms with Crippen molar-refractivity contribution < 1.29 is 4.79 Å². The highest BCUT2D eigenvalue weighted by Crippen LogP contribution is 2.28. The first-order valence-electron chi connectivity index (χ1n) is 6.78. The summed E-state index contributed by atoms with van der Waals surface area (Å²) >= 11 is 2.80. The van der Waals surface area contributed by atoms with Gasteiger partial charge in [-0.3, -0.25) is 9.89 Å². The summed E-state index contributed by atoms with van der Waals surface area (Å²) in [6.45, 7) is 0. The molecular weight excluding hydrogens is 328 g/mol. The van der Waals surface area contributed by atoms with E-state index in [2.05, 4.69) is 21.6 Å². The van der Waals surface area contributed by atoms with Crippen molar-refractivity contribution in [3.05, 3.63) is 63.8 Å². The number of rotatable bonds is 5. The summed E-state index contributed by atoms with van der Waals surface area (Å²) in [7, 11) is 0. The minimum atomic E-state index is -0.250. The lowest BCUT2D eigenvalue weighted by Crippen LogP contribution is -2.11. The second kappa shape index (κ2) is 7.13. The van der Waals surface area contributed by atoms with Crippen molar-refractivity contribution in [3.63, 3.8) is 0 Å². The average molecular weight is 340 g/mol. The number of hydrogen-bond donors (Lipinski definition) is 2. The molecule has 3 rings (SSSR count). The highest BCUT2D eigenvalue weighted by Gasteiger charge is 2.16. The van der Waals surface area contributed by atoms with Crippen LogP contribution >= 0.6 is 23.1 Å². The molecule has 2 N–H and O–H groups in total. The van der Waals surface area contributed by atoms with Crippen LogP contribution in [0.2, 0.25) is 0 Å². The van der Waals surface area contributed by atoms with Gasteiger partial charge in [0.25, 0.3) is 5.91 Å². The van der Waals surface area contributed by atoms with Crippen molar-refractivity contribution in [2.45, 2.75) is 10.8 Å². The number of carbonyl (C=O) groups is 1. The van der Waals surface area contributed by atoms with Crippen molar-refractivity contribution in [2.24, 2.45) is 0 Å². The first-order valence-corrected chi connectivity index (χ1v) is 8.64. The standard InChI is InChI=1S/C16H12N4OS2/c17-9-12-14(18-15(21)13-7-4-8-22-13)19-20-16(12)23-10-11-5-2-1-3-6-11/h1-8H,10H2,(H2,18,19,20,21). The van der Waals surface area contributed by atoms with Gasteiger partial charge in [0.1, 0.15) is 22.5 Å². The van der Waals surface area contributed by atoms with Crippen LogP contribution in [0.25, 0.3) is 0 Å². The van der Waals surface area contributed by atoms with E-state index in [-0.39, 0.29) is 5.91 Å². The van der Waals surface area contributed by atoms with Gasteiger partial charge in [-0.1, -0.05) is 48.2 Å². The Bertz CT molecular complexity index is 835.